The maximum Gasteiger partial charge on any atom is 0.252 e. The van der Waals surface area contributed by atoms with Gasteiger partial charge in [-0.1, -0.05) is 36.0 Å². The Morgan fingerprint density at radius 2 is 2.05 bits per heavy atom. The molecule has 1 aromatic carbocycles. The molecule has 4 N–H and O–H groups in total. The zero-order chi connectivity index (χ0) is 14.7. The number of rotatable bonds is 3. The van der Waals surface area contributed by atoms with E-state index in [0.29, 0.717) is 12.2 Å². The Hall–Kier alpha value is -0.970. The Morgan fingerprint density at radius 3 is 2.75 bits per heavy atom. The van der Waals surface area contributed by atoms with E-state index in [1.165, 1.54) is 12.1 Å². The lowest BCUT2D eigenvalue weighted by molar-refractivity contribution is 0.0663. The fourth-order valence-corrected chi connectivity index (χ4v) is 2.94. The van der Waals surface area contributed by atoms with Crippen molar-refractivity contribution in [1.29, 1.82) is 0 Å². The summed E-state index contributed by atoms with van der Waals surface area (Å²) < 4.78 is 0. The summed E-state index contributed by atoms with van der Waals surface area (Å²) in [6, 6.07) is 3.01. The lowest BCUT2D eigenvalue weighted by Crippen LogP contribution is -2.36. The first-order chi connectivity index (χ1) is 9.49. The van der Waals surface area contributed by atoms with Crippen LogP contribution < -0.4 is 11.1 Å². The molecule has 1 saturated carbocycles. The van der Waals surface area contributed by atoms with Crippen LogP contribution in [0.2, 0.25) is 10.0 Å². The van der Waals surface area contributed by atoms with Crippen LogP contribution in [0.15, 0.2) is 12.1 Å². The van der Waals surface area contributed by atoms with Crippen molar-refractivity contribution in [3.63, 3.8) is 0 Å². The zero-order valence-corrected chi connectivity index (χ0v) is 12.5. The normalized spacial score (nSPS) is 22.6. The van der Waals surface area contributed by atoms with Crippen LogP contribution in [0.25, 0.3) is 0 Å². The van der Waals surface area contributed by atoms with Crippen molar-refractivity contribution in [2.45, 2.75) is 31.8 Å². The highest BCUT2D eigenvalue weighted by Crippen LogP contribution is 2.29. The number of carbonyl (C=O) groups is 1. The summed E-state index contributed by atoms with van der Waals surface area (Å²) in [7, 11) is 0. The number of anilines is 1. The number of hydrogen-bond acceptors (Lipinski definition) is 3. The maximum atomic E-state index is 12.1. The van der Waals surface area contributed by atoms with E-state index in [9.17, 15) is 9.90 Å². The highest BCUT2D eigenvalue weighted by Gasteiger charge is 2.24. The monoisotopic (exact) mass is 316 g/mol. The Labute approximate surface area is 128 Å². The van der Waals surface area contributed by atoms with Gasteiger partial charge in [-0.2, -0.15) is 0 Å². The molecule has 1 aromatic rings. The molecule has 1 amide bonds. The minimum Gasteiger partial charge on any atom is -0.399 e. The van der Waals surface area contributed by atoms with Gasteiger partial charge in [-0.15, -0.1) is 0 Å². The van der Waals surface area contributed by atoms with Crippen LogP contribution in [0.4, 0.5) is 5.69 Å². The first-order valence-corrected chi connectivity index (χ1v) is 7.45. The average molecular weight is 317 g/mol. The van der Waals surface area contributed by atoms with Crippen LogP contribution in [0.1, 0.15) is 36.0 Å². The number of hydrogen-bond donors (Lipinski definition) is 3. The van der Waals surface area contributed by atoms with Gasteiger partial charge in [0, 0.05) is 18.2 Å². The highest BCUT2D eigenvalue weighted by atomic mass is 35.5. The molecule has 1 aliphatic rings. The maximum absolute atomic E-state index is 12.1. The Kier molecular flexibility index (Phi) is 5.13. The molecule has 110 valence electrons. The Balaban J connectivity index is 2.01. The van der Waals surface area contributed by atoms with Gasteiger partial charge in [0.15, 0.2) is 0 Å². The lowest BCUT2D eigenvalue weighted by Gasteiger charge is -2.27. The second-order valence-electron chi connectivity index (χ2n) is 5.19. The summed E-state index contributed by atoms with van der Waals surface area (Å²) in [5.41, 5.74) is 6.32. The average Bonchev–Trinajstić information content (AvgIpc) is 2.41. The molecule has 0 aromatic heterocycles. The van der Waals surface area contributed by atoms with Gasteiger partial charge in [-0.3, -0.25) is 4.79 Å². The predicted molar refractivity (Wildman–Crippen MR) is 81.2 cm³/mol. The van der Waals surface area contributed by atoms with Gasteiger partial charge in [0.05, 0.1) is 21.7 Å². The molecule has 1 aliphatic carbocycles. The molecule has 4 nitrogen and oxygen atoms in total. The predicted octanol–water partition coefficient (Wildman–Crippen LogP) is 2.86. The third kappa shape index (κ3) is 3.57. The van der Waals surface area contributed by atoms with Gasteiger partial charge in [0.2, 0.25) is 0 Å². The lowest BCUT2D eigenvalue weighted by atomic mass is 9.86. The molecule has 0 bridgehead atoms. The highest BCUT2D eigenvalue weighted by molar-refractivity contribution is 6.44. The summed E-state index contributed by atoms with van der Waals surface area (Å²) in [5, 5.41) is 13.1. The molecule has 2 unspecified atom stereocenters. The fourth-order valence-electron chi connectivity index (χ4n) is 2.52. The smallest absolute Gasteiger partial charge is 0.252 e. The SMILES string of the molecule is Nc1cc(Cl)c(Cl)c(C(=O)NCC2CCCCC2O)c1. The van der Waals surface area contributed by atoms with E-state index in [1.807, 2.05) is 0 Å². The Morgan fingerprint density at radius 1 is 1.35 bits per heavy atom. The van der Waals surface area contributed by atoms with Crippen molar-refractivity contribution >= 4 is 34.8 Å². The first-order valence-electron chi connectivity index (χ1n) is 6.70. The molecule has 0 spiro atoms. The Bertz CT molecular complexity index is 508. The van der Waals surface area contributed by atoms with Gasteiger partial charge >= 0.3 is 0 Å². The quantitative estimate of drug-likeness (QED) is 0.750. The molecular formula is C14H18Cl2N2O2. The van der Waals surface area contributed by atoms with E-state index in [0.717, 1.165) is 25.7 Å². The standard InChI is InChI=1S/C14H18Cl2N2O2/c15-11-6-9(17)5-10(13(11)16)14(20)18-7-8-3-1-2-4-12(8)19/h5-6,8,12,19H,1-4,7,17H2,(H,18,20). The van der Waals surface area contributed by atoms with Crippen molar-refractivity contribution in [2.24, 2.45) is 5.92 Å². The van der Waals surface area contributed by atoms with Crippen LogP contribution >= 0.6 is 23.2 Å². The van der Waals surface area contributed by atoms with Gasteiger partial charge < -0.3 is 16.2 Å². The molecule has 0 radical (unpaired) electrons. The minimum absolute atomic E-state index is 0.100. The molecule has 20 heavy (non-hydrogen) atoms. The number of aliphatic hydroxyl groups excluding tert-OH is 1. The summed E-state index contributed by atoms with van der Waals surface area (Å²) in [5.74, 6) is -0.218. The second-order valence-corrected chi connectivity index (χ2v) is 5.97. The van der Waals surface area contributed by atoms with E-state index in [-0.39, 0.29) is 33.5 Å². The van der Waals surface area contributed by atoms with Gasteiger partial charge in [-0.25, -0.2) is 0 Å². The number of nitrogens with one attached hydrogen (secondary N) is 1. The molecule has 6 heteroatoms. The van der Waals surface area contributed by atoms with Crippen LogP contribution in [0, 0.1) is 5.92 Å². The molecule has 0 aliphatic heterocycles. The van der Waals surface area contributed by atoms with E-state index in [4.69, 9.17) is 28.9 Å². The summed E-state index contributed by atoms with van der Waals surface area (Å²) in [6.45, 7) is 0.433. The third-order valence-corrected chi connectivity index (χ3v) is 4.49. The number of amides is 1. The number of carbonyl (C=O) groups excluding carboxylic acids is 1. The van der Waals surface area contributed by atoms with Crippen molar-refractivity contribution in [3.8, 4) is 0 Å². The van der Waals surface area contributed by atoms with E-state index < -0.39 is 0 Å². The van der Waals surface area contributed by atoms with Crippen LogP contribution in [0.3, 0.4) is 0 Å². The zero-order valence-electron chi connectivity index (χ0n) is 11.0. The molecule has 1 fully saturated rings. The first kappa shape index (κ1) is 15.4. The van der Waals surface area contributed by atoms with Crippen molar-refractivity contribution in [2.75, 3.05) is 12.3 Å². The van der Waals surface area contributed by atoms with Crippen molar-refractivity contribution in [1.82, 2.24) is 5.32 Å². The number of benzene rings is 1. The third-order valence-electron chi connectivity index (χ3n) is 3.69. The molecule has 2 atom stereocenters. The molecule has 2 rings (SSSR count). The van der Waals surface area contributed by atoms with Crippen LogP contribution in [0.5, 0.6) is 0 Å². The topological polar surface area (TPSA) is 75.4 Å². The largest absolute Gasteiger partial charge is 0.399 e. The van der Waals surface area contributed by atoms with Gasteiger partial charge in [-0.05, 0) is 25.0 Å². The van der Waals surface area contributed by atoms with E-state index >= 15 is 0 Å². The molecule has 0 saturated heterocycles. The van der Waals surface area contributed by atoms with Crippen LogP contribution in [-0.2, 0) is 0 Å². The second kappa shape index (κ2) is 6.66. The number of nitrogens with two attached hydrogens (primary N) is 1. The van der Waals surface area contributed by atoms with Gasteiger partial charge in [0.25, 0.3) is 5.91 Å². The molecule has 0 heterocycles. The fraction of sp³-hybridized carbons (Fsp3) is 0.500. The van der Waals surface area contributed by atoms with Gasteiger partial charge in [0.1, 0.15) is 0 Å². The number of nitrogen functional groups attached to an aromatic ring is 1. The van der Waals surface area contributed by atoms with Crippen molar-refractivity contribution in [3.05, 3.63) is 27.7 Å². The van der Waals surface area contributed by atoms with Crippen molar-refractivity contribution < 1.29 is 9.90 Å². The number of halogens is 2. The molecular weight excluding hydrogens is 299 g/mol. The summed E-state index contributed by atoms with van der Waals surface area (Å²) in [4.78, 5) is 12.1. The van der Waals surface area contributed by atoms with E-state index in [2.05, 4.69) is 5.32 Å². The summed E-state index contributed by atoms with van der Waals surface area (Å²) in [6.07, 6.45) is 3.51. The summed E-state index contributed by atoms with van der Waals surface area (Å²) >= 11 is 11.9. The number of aliphatic hydroxyl groups is 1. The minimum atomic E-state index is -0.344. The van der Waals surface area contributed by atoms with E-state index in [1.54, 1.807) is 0 Å². The van der Waals surface area contributed by atoms with Crippen LogP contribution in [-0.4, -0.2) is 23.7 Å².